The third-order valence-electron chi connectivity index (χ3n) is 9.39. The molecule has 0 unspecified atom stereocenters. The smallest absolute Gasteiger partial charge is 0.405 e. The Labute approximate surface area is 278 Å². The zero-order valence-corrected chi connectivity index (χ0v) is 26.6. The van der Waals surface area contributed by atoms with Crippen LogP contribution in [0.1, 0.15) is 67.9 Å². The Balaban J connectivity index is 1.03. The number of H-pyrrole nitrogens is 2. The number of rotatable bonds is 8. The van der Waals surface area contributed by atoms with Crippen LogP contribution in [0.4, 0.5) is 4.79 Å². The Morgan fingerprint density at radius 1 is 0.729 bits per heavy atom. The van der Waals surface area contributed by atoms with Crippen LogP contribution >= 0.6 is 0 Å². The Morgan fingerprint density at radius 2 is 1.21 bits per heavy atom. The lowest BCUT2D eigenvalue weighted by Crippen LogP contribution is -2.42. The average Bonchev–Trinajstić information content (AvgIpc) is 3.94. The highest BCUT2D eigenvalue weighted by molar-refractivity contribution is 5.87. The monoisotopic (exact) mass is 643 g/mol. The van der Waals surface area contributed by atoms with Gasteiger partial charge in [-0.25, -0.2) is 14.8 Å². The highest BCUT2D eigenvalue weighted by Gasteiger charge is 2.37. The molecule has 48 heavy (non-hydrogen) atoms. The lowest BCUT2D eigenvalue weighted by molar-refractivity contribution is -0.134. The minimum Gasteiger partial charge on any atom is -0.465 e. The zero-order valence-electron chi connectivity index (χ0n) is 26.6. The van der Waals surface area contributed by atoms with Crippen molar-refractivity contribution in [3.05, 3.63) is 108 Å². The second kappa shape index (κ2) is 13.2. The number of aromatic amines is 2. The molecule has 7 rings (SSSR count). The number of carbonyl (C=O) groups is 3. The molecule has 2 aliphatic rings. The highest BCUT2D eigenvalue weighted by atomic mass is 16.4. The van der Waals surface area contributed by atoms with E-state index in [1.54, 1.807) is 42.3 Å². The molecule has 2 aromatic heterocycles. The summed E-state index contributed by atoms with van der Waals surface area (Å²) in [4.78, 5) is 56.9. The molecule has 2 saturated heterocycles. The largest absolute Gasteiger partial charge is 0.465 e. The first kappa shape index (κ1) is 30.9. The number of carboxylic acid groups (broad SMARTS) is 1. The first-order valence-corrected chi connectivity index (χ1v) is 16.3. The van der Waals surface area contributed by atoms with E-state index in [4.69, 9.17) is 0 Å². The van der Waals surface area contributed by atoms with E-state index < -0.39 is 12.1 Å². The molecule has 3 aromatic carbocycles. The molecule has 0 saturated carbocycles. The topological polar surface area (TPSA) is 147 Å². The van der Waals surface area contributed by atoms with Gasteiger partial charge in [-0.3, -0.25) is 9.59 Å². The quantitative estimate of drug-likeness (QED) is 0.152. The van der Waals surface area contributed by atoms with E-state index in [0.717, 1.165) is 71.7 Å². The summed E-state index contributed by atoms with van der Waals surface area (Å²) >= 11 is 0. The van der Waals surface area contributed by atoms with Crippen LogP contribution in [-0.2, 0) is 9.59 Å². The predicted molar refractivity (Wildman–Crippen MR) is 180 cm³/mol. The van der Waals surface area contributed by atoms with Gasteiger partial charge in [0.2, 0.25) is 5.91 Å². The van der Waals surface area contributed by atoms with Gasteiger partial charge in [0.05, 0.1) is 35.9 Å². The maximum Gasteiger partial charge on any atom is 0.405 e. The van der Waals surface area contributed by atoms with Crippen molar-refractivity contribution in [2.45, 2.75) is 50.7 Å². The van der Waals surface area contributed by atoms with Gasteiger partial charge in [-0.05, 0) is 53.5 Å². The SMILES string of the molecule is CC(=O)N1CCC[C@H]1c1ncc(-c2ccc(-c3ccc(-c4cnc([C@@H]5CCCN5C(=O)[C@H](NC(=O)O)c5ccccc5)[nH]4)cc3)cc2)[nH]1. The normalized spacial score (nSPS) is 18.2. The van der Waals surface area contributed by atoms with Gasteiger partial charge in [0.1, 0.15) is 17.7 Å². The second-order valence-electron chi connectivity index (χ2n) is 12.4. The fraction of sp³-hybridized carbons (Fsp3) is 0.270. The summed E-state index contributed by atoms with van der Waals surface area (Å²) in [5.74, 6) is 1.30. The van der Waals surface area contributed by atoms with E-state index in [1.807, 2.05) is 29.3 Å². The molecule has 3 atom stereocenters. The van der Waals surface area contributed by atoms with Gasteiger partial charge in [-0.2, -0.15) is 0 Å². The van der Waals surface area contributed by atoms with Gasteiger partial charge in [0.25, 0.3) is 5.91 Å². The average molecular weight is 644 g/mol. The van der Waals surface area contributed by atoms with Crippen molar-refractivity contribution in [3.8, 4) is 33.6 Å². The van der Waals surface area contributed by atoms with E-state index in [0.29, 0.717) is 17.9 Å². The Morgan fingerprint density at radius 3 is 1.71 bits per heavy atom. The summed E-state index contributed by atoms with van der Waals surface area (Å²) in [6.45, 7) is 2.91. The molecule has 4 N–H and O–H groups in total. The predicted octanol–water partition coefficient (Wildman–Crippen LogP) is 6.49. The number of hydrogen-bond acceptors (Lipinski definition) is 5. The highest BCUT2D eigenvalue weighted by Crippen LogP contribution is 2.35. The lowest BCUT2D eigenvalue weighted by Gasteiger charge is -2.28. The Kier molecular flexibility index (Phi) is 8.49. The second-order valence-corrected chi connectivity index (χ2v) is 12.4. The summed E-state index contributed by atoms with van der Waals surface area (Å²) in [5.41, 5.74) is 6.52. The number of aromatic nitrogens is 4. The maximum atomic E-state index is 13.6. The molecule has 0 aliphatic carbocycles. The Hall–Kier alpha value is -5.71. The first-order valence-electron chi connectivity index (χ1n) is 16.3. The summed E-state index contributed by atoms with van der Waals surface area (Å²) in [5, 5.41) is 11.8. The minimum atomic E-state index is -1.25. The van der Waals surface area contributed by atoms with Crippen LogP contribution in [0.3, 0.4) is 0 Å². The summed E-state index contributed by atoms with van der Waals surface area (Å²) < 4.78 is 0. The van der Waals surface area contributed by atoms with E-state index in [9.17, 15) is 19.5 Å². The molecule has 3 amide bonds. The summed E-state index contributed by atoms with van der Waals surface area (Å²) in [7, 11) is 0. The van der Waals surface area contributed by atoms with Gasteiger partial charge < -0.3 is 30.2 Å². The number of benzene rings is 3. The number of amides is 3. The molecule has 0 bridgehead atoms. The third kappa shape index (κ3) is 6.18. The molecule has 244 valence electrons. The van der Waals surface area contributed by atoms with Crippen molar-refractivity contribution in [2.24, 2.45) is 0 Å². The summed E-state index contributed by atoms with van der Waals surface area (Å²) in [6, 6.07) is 24.2. The van der Waals surface area contributed by atoms with Crippen LogP contribution in [0.15, 0.2) is 91.3 Å². The van der Waals surface area contributed by atoms with Crippen molar-refractivity contribution in [1.82, 2.24) is 35.1 Å². The number of nitrogens with zero attached hydrogens (tertiary/aromatic N) is 4. The van der Waals surface area contributed by atoms with Crippen molar-refractivity contribution in [3.63, 3.8) is 0 Å². The molecule has 4 heterocycles. The van der Waals surface area contributed by atoms with Crippen molar-refractivity contribution in [2.75, 3.05) is 13.1 Å². The first-order chi connectivity index (χ1) is 23.4. The van der Waals surface area contributed by atoms with Crippen LogP contribution in [-0.4, -0.2) is 65.8 Å². The van der Waals surface area contributed by atoms with Crippen molar-refractivity contribution in [1.29, 1.82) is 0 Å². The van der Waals surface area contributed by atoms with Gasteiger partial charge in [0, 0.05) is 20.0 Å². The van der Waals surface area contributed by atoms with Crippen molar-refractivity contribution < 1.29 is 19.5 Å². The standard InChI is InChI=1S/C37H37N7O4/c1-23(45)43-19-5-9-31(43)34-38-21-29(40-34)26-15-11-24(12-16-26)25-13-17-27(18-14-25)30-22-39-35(41-30)32-10-6-20-44(32)36(46)33(42-37(47)48)28-7-3-2-4-8-28/h2-4,7-8,11-18,21-22,31-33,42H,5-6,9-10,19-20H2,1H3,(H,38,40)(H,39,41)(H,47,48)/t31-,32-,33+/m0/s1. The van der Waals surface area contributed by atoms with Gasteiger partial charge in [0.15, 0.2) is 0 Å². The van der Waals surface area contributed by atoms with Crippen LogP contribution < -0.4 is 5.32 Å². The number of nitrogens with one attached hydrogen (secondary N) is 3. The molecule has 2 aliphatic heterocycles. The Bertz CT molecular complexity index is 1920. The van der Waals surface area contributed by atoms with Crippen LogP contribution in [0, 0.1) is 0 Å². The van der Waals surface area contributed by atoms with Gasteiger partial charge >= 0.3 is 6.09 Å². The van der Waals surface area contributed by atoms with E-state index in [1.165, 1.54) is 0 Å². The third-order valence-corrected chi connectivity index (χ3v) is 9.39. The molecule has 11 nitrogen and oxygen atoms in total. The van der Waals surface area contributed by atoms with Gasteiger partial charge in [-0.15, -0.1) is 0 Å². The fourth-order valence-corrected chi connectivity index (χ4v) is 6.95. The van der Waals surface area contributed by atoms with Crippen LogP contribution in [0.5, 0.6) is 0 Å². The zero-order chi connectivity index (χ0) is 33.2. The molecule has 0 radical (unpaired) electrons. The summed E-state index contributed by atoms with van der Waals surface area (Å²) in [6.07, 6.45) is 5.81. The van der Waals surface area contributed by atoms with Crippen LogP contribution in [0.25, 0.3) is 33.6 Å². The van der Waals surface area contributed by atoms with Gasteiger partial charge in [-0.1, -0.05) is 78.9 Å². The number of imidazole rings is 2. The molecular weight excluding hydrogens is 606 g/mol. The van der Waals surface area contributed by atoms with E-state index in [2.05, 4.69) is 61.7 Å². The number of carbonyl (C=O) groups excluding carboxylic acids is 2. The maximum absolute atomic E-state index is 13.6. The number of likely N-dealkylation sites (tertiary alicyclic amines) is 2. The van der Waals surface area contributed by atoms with E-state index in [-0.39, 0.29) is 23.9 Å². The van der Waals surface area contributed by atoms with Crippen molar-refractivity contribution >= 4 is 17.9 Å². The van der Waals surface area contributed by atoms with Crippen LogP contribution in [0.2, 0.25) is 0 Å². The number of hydrogen-bond donors (Lipinski definition) is 4. The molecular formula is C37H37N7O4. The fourth-order valence-electron chi connectivity index (χ4n) is 6.95. The molecule has 2 fully saturated rings. The minimum absolute atomic E-state index is 0.00712. The van der Waals surface area contributed by atoms with E-state index >= 15 is 0 Å². The lowest BCUT2D eigenvalue weighted by atomic mass is 10.0. The molecule has 5 aromatic rings. The molecule has 11 heteroatoms. The molecule has 0 spiro atoms.